The lowest BCUT2D eigenvalue weighted by Crippen LogP contribution is -2.20. The molecule has 4 nitrogen and oxygen atoms in total. The number of nitrogens with zero attached hydrogens (tertiary/aromatic N) is 2. The topological polar surface area (TPSA) is 70.5 Å². The van der Waals surface area contributed by atoms with E-state index in [9.17, 15) is 9.59 Å². The Morgan fingerprint density at radius 2 is 2.36 bits per heavy atom. The summed E-state index contributed by atoms with van der Waals surface area (Å²) in [7, 11) is 0. The molecule has 0 aromatic carbocycles. The van der Waals surface area contributed by atoms with Crippen molar-refractivity contribution in [2.75, 3.05) is 0 Å². The summed E-state index contributed by atoms with van der Waals surface area (Å²) in [5.41, 5.74) is 8.11. The van der Waals surface area contributed by atoms with Crippen molar-refractivity contribution in [1.29, 1.82) is 0 Å². The Balaban J connectivity index is 2.32. The Hall–Kier alpha value is -1.28. The van der Waals surface area contributed by atoms with Crippen LogP contribution in [0.25, 0.3) is 5.53 Å². The third-order valence-electron chi connectivity index (χ3n) is 2.62. The minimum Gasteiger partial charge on any atom is -0.361 e. The van der Waals surface area contributed by atoms with Crippen molar-refractivity contribution < 1.29 is 14.4 Å². The Labute approximate surface area is 82.9 Å². The third kappa shape index (κ3) is 3.23. The van der Waals surface area contributed by atoms with Gasteiger partial charge in [-0.15, -0.1) is 0 Å². The van der Waals surface area contributed by atoms with Gasteiger partial charge in [0.05, 0.1) is 0 Å². The summed E-state index contributed by atoms with van der Waals surface area (Å²) in [6.45, 7) is 0. The Morgan fingerprint density at radius 3 is 3.00 bits per heavy atom. The van der Waals surface area contributed by atoms with Crippen molar-refractivity contribution in [3.8, 4) is 0 Å². The zero-order valence-electron chi connectivity index (χ0n) is 8.11. The van der Waals surface area contributed by atoms with Crippen LogP contribution in [-0.4, -0.2) is 22.6 Å². The van der Waals surface area contributed by atoms with E-state index >= 15 is 0 Å². The van der Waals surface area contributed by atoms with E-state index in [1.165, 1.54) is 0 Å². The minimum absolute atomic E-state index is 0.0554. The molecule has 0 spiro atoms. The van der Waals surface area contributed by atoms with E-state index in [0.717, 1.165) is 25.5 Å². The first kappa shape index (κ1) is 10.8. The molecule has 76 valence electrons. The number of ketones is 2. The molecule has 0 aromatic rings. The third-order valence-corrected chi connectivity index (χ3v) is 2.62. The molecule has 1 fully saturated rings. The normalized spacial score (nSPS) is 21.4. The summed E-state index contributed by atoms with van der Waals surface area (Å²) in [5, 5.41) is 0. The second-order valence-electron chi connectivity index (χ2n) is 3.66. The van der Waals surface area contributed by atoms with Gasteiger partial charge in [0, 0.05) is 18.8 Å². The average molecular weight is 194 g/mol. The second kappa shape index (κ2) is 5.45. The molecule has 1 rings (SSSR count). The van der Waals surface area contributed by atoms with Crippen LogP contribution >= 0.6 is 0 Å². The summed E-state index contributed by atoms with van der Waals surface area (Å²) in [4.78, 5) is 25.0. The molecular weight excluding hydrogens is 180 g/mol. The number of carbonyl (C=O) groups is 2. The van der Waals surface area contributed by atoms with Gasteiger partial charge in [-0.2, -0.15) is 4.79 Å². The SMILES string of the molecule is [N-]=[N+]=CC(=O)CCC1CCCCC1=O. The first-order valence-electron chi connectivity index (χ1n) is 4.97. The van der Waals surface area contributed by atoms with E-state index in [2.05, 4.69) is 4.79 Å². The lowest BCUT2D eigenvalue weighted by Gasteiger charge is -2.19. The highest BCUT2D eigenvalue weighted by atomic mass is 16.1. The fraction of sp³-hybridized carbons (Fsp3) is 0.700. The maximum atomic E-state index is 11.4. The van der Waals surface area contributed by atoms with Crippen molar-refractivity contribution >= 4 is 17.8 Å². The van der Waals surface area contributed by atoms with Crippen molar-refractivity contribution in [3.63, 3.8) is 0 Å². The summed E-state index contributed by atoms with van der Waals surface area (Å²) in [6, 6.07) is 0. The molecule has 0 amide bonds. The van der Waals surface area contributed by atoms with Crippen LogP contribution in [0.2, 0.25) is 0 Å². The summed E-state index contributed by atoms with van der Waals surface area (Å²) < 4.78 is 0. The molecule has 4 heteroatoms. The van der Waals surface area contributed by atoms with Crippen LogP contribution in [0.1, 0.15) is 38.5 Å². The highest BCUT2D eigenvalue weighted by Gasteiger charge is 2.22. The second-order valence-corrected chi connectivity index (χ2v) is 3.66. The number of carbonyl (C=O) groups excluding carboxylic acids is 2. The molecule has 0 N–H and O–H groups in total. The Morgan fingerprint density at radius 1 is 1.57 bits per heavy atom. The van der Waals surface area contributed by atoms with Crippen molar-refractivity contribution in [2.24, 2.45) is 5.92 Å². The van der Waals surface area contributed by atoms with E-state index in [4.69, 9.17) is 5.53 Å². The molecule has 0 radical (unpaired) electrons. The van der Waals surface area contributed by atoms with E-state index < -0.39 is 0 Å². The van der Waals surface area contributed by atoms with Gasteiger partial charge in [0.2, 0.25) is 5.78 Å². The zero-order valence-corrected chi connectivity index (χ0v) is 8.11. The first-order chi connectivity index (χ1) is 6.74. The number of hydrogen-bond donors (Lipinski definition) is 0. The molecule has 1 atom stereocenters. The van der Waals surface area contributed by atoms with Crippen molar-refractivity contribution in [2.45, 2.75) is 38.5 Å². The van der Waals surface area contributed by atoms with E-state index in [-0.39, 0.29) is 17.5 Å². The van der Waals surface area contributed by atoms with Gasteiger partial charge in [-0.1, -0.05) is 6.42 Å². The predicted octanol–water partition coefficient (Wildman–Crippen LogP) is 1.40. The molecule has 0 heterocycles. The highest BCUT2D eigenvalue weighted by Crippen LogP contribution is 2.24. The summed E-state index contributed by atoms with van der Waals surface area (Å²) in [5.74, 6) is 0.121. The molecule has 1 aliphatic carbocycles. The van der Waals surface area contributed by atoms with Gasteiger partial charge in [-0.25, -0.2) is 0 Å². The molecule has 1 unspecified atom stereocenters. The van der Waals surface area contributed by atoms with Gasteiger partial charge in [-0.05, 0) is 19.3 Å². The van der Waals surface area contributed by atoms with Crippen LogP contribution in [0.3, 0.4) is 0 Å². The first-order valence-corrected chi connectivity index (χ1v) is 4.97. The van der Waals surface area contributed by atoms with Gasteiger partial charge in [-0.3, -0.25) is 9.59 Å². The maximum absolute atomic E-state index is 11.4. The van der Waals surface area contributed by atoms with Crippen molar-refractivity contribution in [3.05, 3.63) is 5.53 Å². The quantitative estimate of drug-likeness (QED) is 0.385. The Bertz CT molecular complexity index is 280. The molecule has 0 bridgehead atoms. The van der Waals surface area contributed by atoms with E-state index in [1.54, 1.807) is 0 Å². The zero-order chi connectivity index (χ0) is 10.4. The van der Waals surface area contributed by atoms with Crippen LogP contribution in [-0.2, 0) is 9.59 Å². The number of Topliss-reactive ketones (excluding diaryl/α,β-unsaturated/α-hetero) is 2. The minimum atomic E-state index is -0.217. The molecule has 0 aliphatic heterocycles. The summed E-state index contributed by atoms with van der Waals surface area (Å²) in [6.07, 6.45) is 5.44. The maximum Gasteiger partial charge on any atom is 0.323 e. The molecular formula is C10H14N2O2. The monoisotopic (exact) mass is 194 g/mol. The highest BCUT2D eigenvalue weighted by molar-refractivity contribution is 6.25. The largest absolute Gasteiger partial charge is 0.361 e. The van der Waals surface area contributed by atoms with Crippen LogP contribution in [0.15, 0.2) is 0 Å². The van der Waals surface area contributed by atoms with Gasteiger partial charge in [0.1, 0.15) is 5.78 Å². The van der Waals surface area contributed by atoms with E-state index in [0.29, 0.717) is 19.3 Å². The predicted molar refractivity (Wildman–Crippen MR) is 50.9 cm³/mol. The van der Waals surface area contributed by atoms with Gasteiger partial charge in [0.25, 0.3) is 0 Å². The lowest BCUT2D eigenvalue weighted by atomic mass is 9.84. The van der Waals surface area contributed by atoms with Crippen LogP contribution in [0.5, 0.6) is 0 Å². The van der Waals surface area contributed by atoms with Gasteiger partial charge < -0.3 is 5.53 Å². The van der Waals surface area contributed by atoms with Crippen LogP contribution < -0.4 is 0 Å². The Kier molecular flexibility index (Phi) is 4.20. The molecule has 1 aliphatic rings. The lowest BCUT2D eigenvalue weighted by molar-refractivity contribution is -0.125. The fourth-order valence-corrected chi connectivity index (χ4v) is 1.81. The van der Waals surface area contributed by atoms with E-state index in [1.807, 2.05) is 0 Å². The van der Waals surface area contributed by atoms with Crippen LogP contribution in [0.4, 0.5) is 0 Å². The molecule has 1 saturated carbocycles. The van der Waals surface area contributed by atoms with Gasteiger partial charge in [0.15, 0.2) is 0 Å². The molecule has 14 heavy (non-hydrogen) atoms. The van der Waals surface area contributed by atoms with Gasteiger partial charge >= 0.3 is 6.21 Å². The molecule has 0 aromatic heterocycles. The van der Waals surface area contributed by atoms with Crippen LogP contribution in [0, 0.1) is 5.92 Å². The smallest absolute Gasteiger partial charge is 0.323 e. The summed E-state index contributed by atoms with van der Waals surface area (Å²) >= 11 is 0. The van der Waals surface area contributed by atoms with Crippen molar-refractivity contribution in [1.82, 2.24) is 0 Å². The number of rotatable bonds is 4. The average Bonchev–Trinajstić information content (AvgIpc) is 2.17. The molecule has 0 saturated heterocycles. The fourth-order valence-electron chi connectivity index (χ4n) is 1.81. The number of hydrogen-bond acceptors (Lipinski definition) is 2. The standard InChI is InChI=1S/C10H14N2O2/c11-12-7-9(13)6-5-8-3-1-2-4-10(8)14/h7-8H,1-6H2.